The third-order valence-corrected chi connectivity index (χ3v) is 4.16. The van der Waals surface area contributed by atoms with Crippen LogP contribution in [0.2, 0.25) is 0 Å². The van der Waals surface area contributed by atoms with Crippen molar-refractivity contribution in [2.45, 2.75) is 18.2 Å². The lowest BCUT2D eigenvalue weighted by atomic mass is 10.1. The van der Waals surface area contributed by atoms with Crippen molar-refractivity contribution in [2.75, 3.05) is 0 Å². The quantitative estimate of drug-likeness (QED) is 0.693. The van der Waals surface area contributed by atoms with E-state index in [1.165, 1.54) is 6.07 Å². The second-order valence-electron chi connectivity index (χ2n) is 4.17. The second-order valence-corrected chi connectivity index (χ2v) is 6.13. The number of hydrogen-bond acceptors (Lipinski definition) is 1. The van der Waals surface area contributed by atoms with Crippen molar-refractivity contribution < 1.29 is 4.39 Å². The molecule has 0 saturated heterocycles. The first-order valence-electron chi connectivity index (χ1n) is 5.57. The minimum atomic E-state index is -0.242. The maximum absolute atomic E-state index is 13.4. The van der Waals surface area contributed by atoms with Crippen molar-refractivity contribution in [2.24, 2.45) is 0 Å². The van der Waals surface area contributed by atoms with Crippen molar-refractivity contribution >= 4 is 31.9 Å². The van der Waals surface area contributed by atoms with Gasteiger partial charge in [0.25, 0.3) is 0 Å². The molecule has 0 saturated carbocycles. The fourth-order valence-corrected chi connectivity index (χ4v) is 2.49. The van der Waals surface area contributed by atoms with Crippen LogP contribution in [0.25, 0.3) is 0 Å². The van der Waals surface area contributed by atoms with Crippen LogP contribution in [-0.4, -0.2) is 4.98 Å². The number of alkyl halides is 1. The molecule has 1 atom stereocenters. The lowest BCUT2D eigenvalue weighted by Gasteiger charge is -2.10. The smallest absolute Gasteiger partial charge is 0.137 e. The Morgan fingerprint density at radius 1 is 1.28 bits per heavy atom. The third-order valence-electron chi connectivity index (χ3n) is 2.67. The Hall–Kier alpha value is -0.740. The SMILES string of the molecule is Cc1ccc(CC(Br)c2ccc(Br)c(F)c2)nc1. The van der Waals surface area contributed by atoms with Crippen molar-refractivity contribution in [3.05, 3.63) is 63.6 Å². The molecular weight excluding hydrogens is 361 g/mol. The first-order chi connectivity index (χ1) is 8.56. The van der Waals surface area contributed by atoms with Crippen molar-refractivity contribution in [1.29, 1.82) is 0 Å². The van der Waals surface area contributed by atoms with Crippen molar-refractivity contribution in [1.82, 2.24) is 4.98 Å². The molecule has 2 rings (SSSR count). The number of pyridine rings is 1. The summed E-state index contributed by atoms with van der Waals surface area (Å²) in [6, 6.07) is 9.20. The predicted octanol–water partition coefficient (Wildman–Crippen LogP) is 4.97. The summed E-state index contributed by atoms with van der Waals surface area (Å²) in [4.78, 5) is 4.42. The van der Waals surface area contributed by atoms with E-state index in [1.807, 2.05) is 31.3 Å². The highest BCUT2D eigenvalue weighted by Gasteiger charge is 2.11. The standard InChI is InChI=1S/C14H12Br2FN/c1-9-2-4-11(18-8-9)7-13(16)10-3-5-12(15)14(17)6-10/h2-6,8,13H,7H2,1H3. The molecule has 94 valence electrons. The van der Waals surface area contributed by atoms with Gasteiger partial charge in [-0.25, -0.2) is 4.39 Å². The van der Waals surface area contributed by atoms with Crippen molar-refractivity contribution in [3.8, 4) is 0 Å². The molecule has 18 heavy (non-hydrogen) atoms. The van der Waals surface area contributed by atoms with Crippen LogP contribution >= 0.6 is 31.9 Å². The Morgan fingerprint density at radius 3 is 2.67 bits per heavy atom. The third kappa shape index (κ3) is 3.39. The van der Waals surface area contributed by atoms with Gasteiger partial charge in [-0.05, 0) is 52.2 Å². The van der Waals surface area contributed by atoms with Gasteiger partial charge in [0.15, 0.2) is 0 Å². The number of halogens is 3. The largest absolute Gasteiger partial charge is 0.261 e. The predicted molar refractivity (Wildman–Crippen MR) is 78.4 cm³/mol. The zero-order valence-corrected chi connectivity index (χ0v) is 13.0. The molecule has 2 aromatic rings. The Morgan fingerprint density at radius 2 is 2.06 bits per heavy atom. The fourth-order valence-electron chi connectivity index (χ4n) is 1.63. The highest BCUT2D eigenvalue weighted by molar-refractivity contribution is 9.10. The molecule has 0 fully saturated rings. The van der Waals surface area contributed by atoms with E-state index >= 15 is 0 Å². The number of aromatic nitrogens is 1. The van der Waals surface area contributed by atoms with Crippen LogP contribution in [0.4, 0.5) is 4.39 Å². The average molecular weight is 373 g/mol. The molecule has 1 aromatic carbocycles. The number of nitrogens with zero attached hydrogens (tertiary/aromatic N) is 1. The molecular formula is C14H12Br2FN. The molecule has 1 aromatic heterocycles. The van der Waals surface area contributed by atoms with Gasteiger partial charge in [-0.3, -0.25) is 4.98 Å². The van der Waals surface area contributed by atoms with Gasteiger partial charge in [-0.1, -0.05) is 28.1 Å². The van der Waals surface area contributed by atoms with Crippen LogP contribution in [0.15, 0.2) is 41.0 Å². The van der Waals surface area contributed by atoms with E-state index in [0.717, 1.165) is 23.2 Å². The maximum atomic E-state index is 13.4. The van der Waals surface area contributed by atoms with Crippen LogP contribution in [-0.2, 0) is 6.42 Å². The first-order valence-corrected chi connectivity index (χ1v) is 7.27. The van der Waals surface area contributed by atoms with E-state index in [2.05, 4.69) is 36.8 Å². The van der Waals surface area contributed by atoms with E-state index in [1.54, 1.807) is 6.07 Å². The van der Waals surface area contributed by atoms with Gasteiger partial charge in [-0.15, -0.1) is 0 Å². The second kappa shape index (κ2) is 5.93. The Kier molecular flexibility index (Phi) is 4.51. The summed E-state index contributed by atoms with van der Waals surface area (Å²) in [5.74, 6) is -0.242. The molecule has 4 heteroatoms. The minimum absolute atomic E-state index is 0.0651. The van der Waals surface area contributed by atoms with Gasteiger partial charge in [0.05, 0.1) is 4.47 Å². The van der Waals surface area contributed by atoms with E-state index in [9.17, 15) is 4.39 Å². The van der Waals surface area contributed by atoms with Crippen LogP contribution < -0.4 is 0 Å². The lowest BCUT2D eigenvalue weighted by Crippen LogP contribution is -1.98. The molecule has 0 N–H and O–H groups in total. The highest BCUT2D eigenvalue weighted by Crippen LogP contribution is 2.29. The van der Waals surface area contributed by atoms with Crippen LogP contribution in [0.5, 0.6) is 0 Å². The molecule has 0 bridgehead atoms. The van der Waals surface area contributed by atoms with Gasteiger partial charge >= 0.3 is 0 Å². The molecule has 1 unspecified atom stereocenters. The van der Waals surface area contributed by atoms with Crippen molar-refractivity contribution in [3.63, 3.8) is 0 Å². The lowest BCUT2D eigenvalue weighted by molar-refractivity contribution is 0.618. The summed E-state index contributed by atoms with van der Waals surface area (Å²) < 4.78 is 13.9. The van der Waals surface area contributed by atoms with Crippen LogP contribution in [0.3, 0.4) is 0 Å². The summed E-state index contributed by atoms with van der Waals surface area (Å²) in [6.45, 7) is 2.01. The Balaban J connectivity index is 2.13. The topological polar surface area (TPSA) is 12.9 Å². The molecule has 0 radical (unpaired) electrons. The molecule has 0 spiro atoms. The van der Waals surface area contributed by atoms with Gasteiger partial charge < -0.3 is 0 Å². The zero-order valence-electron chi connectivity index (χ0n) is 9.83. The van der Waals surface area contributed by atoms with E-state index in [4.69, 9.17) is 0 Å². The first kappa shape index (κ1) is 13.7. The number of hydrogen-bond donors (Lipinski definition) is 0. The van der Waals surface area contributed by atoms with E-state index < -0.39 is 0 Å². The molecule has 0 aliphatic heterocycles. The van der Waals surface area contributed by atoms with Gasteiger partial charge in [-0.2, -0.15) is 0 Å². The minimum Gasteiger partial charge on any atom is -0.261 e. The Labute approximate surface area is 123 Å². The molecule has 1 heterocycles. The van der Waals surface area contributed by atoms with Gasteiger partial charge in [0.1, 0.15) is 5.82 Å². The fraction of sp³-hybridized carbons (Fsp3) is 0.214. The molecule has 0 aliphatic carbocycles. The number of aryl methyl sites for hydroxylation is 1. The highest BCUT2D eigenvalue weighted by atomic mass is 79.9. The average Bonchev–Trinajstić information content (AvgIpc) is 2.35. The van der Waals surface area contributed by atoms with Crippen LogP contribution in [0.1, 0.15) is 21.6 Å². The summed E-state index contributed by atoms with van der Waals surface area (Å²) >= 11 is 6.73. The molecule has 0 amide bonds. The van der Waals surface area contributed by atoms with Gasteiger partial charge in [0.2, 0.25) is 0 Å². The van der Waals surface area contributed by atoms with E-state index in [-0.39, 0.29) is 10.6 Å². The molecule has 1 nitrogen and oxygen atoms in total. The summed E-state index contributed by atoms with van der Waals surface area (Å²) in [7, 11) is 0. The molecule has 0 aliphatic rings. The number of benzene rings is 1. The summed E-state index contributed by atoms with van der Waals surface area (Å²) in [6.07, 6.45) is 2.58. The number of rotatable bonds is 3. The zero-order chi connectivity index (χ0) is 13.1. The monoisotopic (exact) mass is 371 g/mol. The van der Waals surface area contributed by atoms with Crippen LogP contribution in [0, 0.1) is 12.7 Å². The maximum Gasteiger partial charge on any atom is 0.137 e. The summed E-state index contributed by atoms with van der Waals surface area (Å²) in [5, 5.41) is 0. The van der Waals surface area contributed by atoms with Gasteiger partial charge in [0, 0.05) is 23.1 Å². The Bertz CT molecular complexity index is 540. The normalized spacial score (nSPS) is 12.4. The summed E-state index contributed by atoms with van der Waals surface area (Å²) in [5.41, 5.74) is 3.04. The van der Waals surface area contributed by atoms with E-state index in [0.29, 0.717) is 4.47 Å².